The van der Waals surface area contributed by atoms with E-state index in [0.29, 0.717) is 38.4 Å². The van der Waals surface area contributed by atoms with Crippen LogP contribution in [0.4, 0.5) is 10.5 Å². The van der Waals surface area contributed by atoms with Gasteiger partial charge in [-0.2, -0.15) is 0 Å². The normalized spacial score (nSPS) is 13.5. The number of benzene rings is 2. The maximum atomic E-state index is 13.4. The Kier molecular flexibility index (Phi) is 6.69. The molecule has 0 spiro atoms. The fourth-order valence-corrected chi connectivity index (χ4v) is 3.49. The highest BCUT2D eigenvalue weighted by molar-refractivity contribution is 5.94. The Morgan fingerprint density at radius 3 is 2.25 bits per heavy atom. The van der Waals surface area contributed by atoms with Gasteiger partial charge >= 0.3 is 6.03 Å². The summed E-state index contributed by atoms with van der Waals surface area (Å²) in [6.07, 6.45) is 4.96. The van der Waals surface area contributed by atoms with Gasteiger partial charge in [-0.1, -0.05) is 24.3 Å². The minimum atomic E-state index is -0.585. The van der Waals surface area contributed by atoms with Crippen LogP contribution >= 0.6 is 0 Å². The van der Waals surface area contributed by atoms with E-state index < -0.39 is 5.91 Å². The smallest absolute Gasteiger partial charge is 0.324 e. The zero-order valence-corrected chi connectivity index (χ0v) is 17.3. The second kappa shape index (κ2) is 9.99. The van der Waals surface area contributed by atoms with Gasteiger partial charge in [0.25, 0.3) is 5.91 Å². The molecule has 1 fully saturated rings. The van der Waals surface area contributed by atoms with Crippen LogP contribution in [0.3, 0.4) is 0 Å². The maximum Gasteiger partial charge on any atom is 0.324 e. The highest BCUT2D eigenvalue weighted by atomic mass is 16.5. The molecule has 1 aliphatic rings. The van der Waals surface area contributed by atoms with E-state index in [2.05, 4.69) is 9.97 Å². The van der Waals surface area contributed by atoms with Gasteiger partial charge in [-0.05, 0) is 35.4 Å². The van der Waals surface area contributed by atoms with Crippen molar-refractivity contribution in [2.75, 3.05) is 31.2 Å². The molecule has 2 heterocycles. The van der Waals surface area contributed by atoms with E-state index in [1.807, 2.05) is 24.3 Å². The lowest BCUT2D eigenvalue weighted by Crippen LogP contribution is -2.48. The van der Waals surface area contributed by atoms with Gasteiger partial charge in [0, 0.05) is 42.3 Å². The largest absolute Gasteiger partial charge is 0.378 e. The molecule has 3 amide bonds. The maximum absolute atomic E-state index is 13.4. The molecule has 0 atom stereocenters. The Bertz CT molecular complexity index is 1050. The topological polar surface area (TPSA) is 108 Å². The van der Waals surface area contributed by atoms with Crippen molar-refractivity contribution in [3.8, 4) is 11.1 Å². The fraction of sp³-hybridized carbons (Fsp3) is 0.217. The molecule has 0 aliphatic carbocycles. The Balaban J connectivity index is 1.60. The number of carbonyl (C=O) groups is 2. The minimum absolute atomic E-state index is 0.110. The van der Waals surface area contributed by atoms with E-state index in [0.717, 1.165) is 22.4 Å². The Labute approximate surface area is 185 Å². The molecule has 1 aromatic heterocycles. The Morgan fingerprint density at radius 2 is 1.62 bits per heavy atom. The van der Waals surface area contributed by atoms with Crippen LogP contribution in [-0.4, -0.2) is 58.3 Å². The highest BCUT2D eigenvalue weighted by Crippen LogP contribution is 2.25. The quantitative estimate of drug-likeness (QED) is 0.473. The number of rotatable bonds is 5. The first-order valence-corrected chi connectivity index (χ1v) is 10.2. The molecule has 4 rings (SSSR count). The molecule has 0 bridgehead atoms. The molecule has 2 aromatic carbocycles. The van der Waals surface area contributed by atoms with Gasteiger partial charge in [0.15, 0.2) is 0 Å². The van der Waals surface area contributed by atoms with Gasteiger partial charge in [-0.25, -0.2) is 20.2 Å². The van der Waals surface area contributed by atoms with Gasteiger partial charge in [0.05, 0.1) is 19.8 Å². The summed E-state index contributed by atoms with van der Waals surface area (Å²) in [5.74, 6) is -0.585. The van der Waals surface area contributed by atoms with Crippen LogP contribution in [0, 0.1) is 0 Å². The number of urea groups is 1. The molecule has 1 aliphatic heterocycles. The lowest BCUT2D eigenvalue weighted by molar-refractivity contribution is 0.0548. The second-order valence-electron chi connectivity index (χ2n) is 7.28. The van der Waals surface area contributed by atoms with Crippen LogP contribution < -0.4 is 10.4 Å². The first-order valence-electron chi connectivity index (χ1n) is 10.2. The van der Waals surface area contributed by atoms with Crippen LogP contribution in [-0.2, 0) is 11.3 Å². The van der Waals surface area contributed by atoms with Crippen molar-refractivity contribution < 1.29 is 19.5 Å². The molecule has 0 unspecified atom stereocenters. The van der Waals surface area contributed by atoms with Gasteiger partial charge in [0.2, 0.25) is 0 Å². The first-order chi connectivity index (χ1) is 15.7. The van der Waals surface area contributed by atoms with Gasteiger partial charge < -0.3 is 9.64 Å². The lowest BCUT2D eigenvalue weighted by atomic mass is 10.1. The van der Waals surface area contributed by atoms with Crippen molar-refractivity contribution in [2.24, 2.45) is 0 Å². The van der Waals surface area contributed by atoms with Crippen LogP contribution in [0.5, 0.6) is 0 Å². The Hall–Kier alpha value is -3.82. The number of anilines is 1. The average Bonchev–Trinajstić information content (AvgIpc) is 2.88. The van der Waals surface area contributed by atoms with E-state index >= 15 is 0 Å². The molecular formula is C23H23N5O4. The molecule has 9 heteroatoms. The molecule has 0 radical (unpaired) electrons. The van der Waals surface area contributed by atoms with Crippen molar-refractivity contribution in [2.45, 2.75) is 6.54 Å². The second-order valence-corrected chi connectivity index (χ2v) is 7.28. The SMILES string of the molecule is O=C(NO)c1ccc(CN(C(=O)N2CCOCC2)c2ccc(-c3cncnc3)cc2)cc1. The molecule has 1 saturated heterocycles. The number of amides is 3. The summed E-state index contributed by atoms with van der Waals surface area (Å²) in [5, 5.41) is 8.80. The number of hydroxylamine groups is 1. The van der Waals surface area contributed by atoms with Crippen molar-refractivity contribution in [3.63, 3.8) is 0 Å². The lowest BCUT2D eigenvalue weighted by Gasteiger charge is -2.33. The summed E-state index contributed by atoms with van der Waals surface area (Å²) in [7, 11) is 0. The predicted octanol–water partition coefficient (Wildman–Crippen LogP) is 2.72. The molecular weight excluding hydrogens is 410 g/mol. The fourth-order valence-electron chi connectivity index (χ4n) is 3.49. The zero-order chi connectivity index (χ0) is 22.3. The summed E-state index contributed by atoms with van der Waals surface area (Å²) >= 11 is 0. The highest BCUT2D eigenvalue weighted by Gasteiger charge is 2.24. The van der Waals surface area contributed by atoms with Gasteiger partial charge in [0.1, 0.15) is 6.33 Å². The molecule has 0 saturated carbocycles. The first kappa shape index (κ1) is 21.4. The predicted molar refractivity (Wildman–Crippen MR) is 117 cm³/mol. The number of nitrogens with zero attached hydrogens (tertiary/aromatic N) is 4. The Morgan fingerprint density at radius 1 is 0.969 bits per heavy atom. The number of hydrogen-bond donors (Lipinski definition) is 2. The molecule has 2 N–H and O–H groups in total. The number of ether oxygens (including phenoxy) is 1. The molecule has 3 aromatic rings. The van der Waals surface area contributed by atoms with Crippen molar-refractivity contribution >= 4 is 17.6 Å². The number of nitrogens with one attached hydrogen (secondary N) is 1. The van der Waals surface area contributed by atoms with Crippen molar-refractivity contribution in [1.82, 2.24) is 20.3 Å². The van der Waals surface area contributed by atoms with E-state index in [9.17, 15) is 9.59 Å². The number of morpholine rings is 1. The van der Waals surface area contributed by atoms with Crippen LogP contribution in [0.25, 0.3) is 11.1 Å². The number of aromatic nitrogens is 2. The molecule has 32 heavy (non-hydrogen) atoms. The third-order valence-electron chi connectivity index (χ3n) is 5.24. The summed E-state index contributed by atoms with van der Waals surface area (Å²) in [5.41, 5.74) is 5.39. The minimum Gasteiger partial charge on any atom is -0.378 e. The summed E-state index contributed by atoms with van der Waals surface area (Å²) in [6.45, 7) is 2.41. The summed E-state index contributed by atoms with van der Waals surface area (Å²) in [6, 6.07) is 14.3. The van der Waals surface area contributed by atoms with Gasteiger partial charge in [-0.15, -0.1) is 0 Å². The van der Waals surface area contributed by atoms with Crippen molar-refractivity contribution in [1.29, 1.82) is 0 Å². The van der Waals surface area contributed by atoms with Gasteiger partial charge in [-0.3, -0.25) is 14.9 Å². The summed E-state index contributed by atoms with van der Waals surface area (Å²) < 4.78 is 5.38. The van der Waals surface area contributed by atoms with Crippen molar-refractivity contribution in [3.05, 3.63) is 78.4 Å². The van der Waals surface area contributed by atoms with Crippen LogP contribution in [0.1, 0.15) is 15.9 Å². The average molecular weight is 433 g/mol. The van der Waals surface area contributed by atoms with Crippen LogP contribution in [0.2, 0.25) is 0 Å². The zero-order valence-electron chi connectivity index (χ0n) is 17.3. The van der Waals surface area contributed by atoms with Crippen LogP contribution in [0.15, 0.2) is 67.3 Å². The number of hydrogen-bond acceptors (Lipinski definition) is 6. The monoisotopic (exact) mass is 433 g/mol. The third kappa shape index (κ3) is 4.90. The summed E-state index contributed by atoms with van der Waals surface area (Å²) in [4.78, 5) is 36.5. The van der Waals surface area contributed by atoms with E-state index in [1.165, 1.54) is 6.33 Å². The standard InChI is InChI=1S/C23H23N5O4/c29-22(26-31)19-3-1-17(2-4-19)15-28(23(30)27-9-11-32-12-10-27)21-7-5-18(6-8-21)20-13-24-16-25-14-20/h1-8,13-14,16,31H,9-12,15H2,(H,26,29). The van der Waals surface area contributed by atoms with E-state index in [-0.39, 0.29) is 6.03 Å². The molecule has 9 nitrogen and oxygen atoms in total. The molecule has 164 valence electrons. The van der Waals surface area contributed by atoms with E-state index in [4.69, 9.17) is 9.94 Å². The third-order valence-corrected chi connectivity index (χ3v) is 5.24. The van der Waals surface area contributed by atoms with E-state index in [1.54, 1.807) is 51.9 Å². The number of carbonyl (C=O) groups excluding carboxylic acids is 2.